The Labute approximate surface area is 197 Å². The van der Waals surface area contributed by atoms with E-state index >= 15 is 0 Å². The van der Waals surface area contributed by atoms with Gasteiger partial charge in [-0.1, -0.05) is 72.8 Å². The second-order valence-corrected chi connectivity index (χ2v) is 10.4. The molecule has 1 N–H and O–H groups in total. The molecule has 5 nitrogen and oxygen atoms in total. The van der Waals surface area contributed by atoms with Gasteiger partial charge in [0, 0.05) is 18.8 Å². The lowest BCUT2D eigenvalue weighted by Crippen LogP contribution is -2.43. The van der Waals surface area contributed by atoms with Crippen molar-refractivity contribution in [2.75, 3.05) is 24.1 Å². The Hall–Kier alpha value is -2.67. The van der Waals surface area contributed by atoms with Gasteiger partial charge >= 0.3 is 0 Å². The molecule has 3 aromatic rings. The van der Waals surface area contributed by atoms with Crippen LogP contribution in [0.1, 0.15) is 42.1 Å². The van der Waals surface area contributed by atoms with E-state index in [0.29, 0.717) is 5.69 Å². The predicted octanol–water partition coefficient (Wildman–Crippen LogP) is 5.22. The van der Waals surface area contributed by atoms with Crippen molar-refractivity contribution in [3.8, 4) is 0 Å². The Morgan fingerprint density at radius 1 is 0.939 bits per heavy atom. The van der Waals surface area contributed by atoms with Crippen molar-refractivity contribution in [1.82, 2.24) is 4.90 Å². The summed E-state index contributed by atoms with van der Waals surface area (Å²) in [6.45, 7) is 1.87. The molecule has 174 valence electrons. The van der Waals surface area contributed by atoms with Crippen LogP contribution in [0.2, 0.25) is 0 Å². The minimum absolute atomic E-state index is 0.0430. The SMILES string of the molecule is CS(=O)(=O)Nc1cccc(CCN2CCCCC2OC(c2ccccc2)c2ccccc2)c1. The molecular formula is C27H32N2O3S. The van der Waals surface area contributed by atoms with Crippen LogP contribution in [0.5, 0.6) is 0 Å². The Morgan fingerprint density at radius 2 is 1.61 bits per heavy atom. The number of nitrogens with zero attached hydrogens (tertiary/aromatic N) is 1. The maximum atomic E-state index is 11.6. The number of hydrogen-bond donors (Lipinski definition) is 1. The summed E-state index contributed by atoms with van der Waals surface area (Å²) in [5.41, 5.74) is 4.04. The minimum atomic E-state index is -3.28. The maximum Gasteiger partial charge on any atom is 0.229 e. The van der Waals surface area contributed by atoms with Gasteiger partial charge in [0.15, 0.2) is 0 Å². The zero-order valence-corrected chi connectivity index (χ0v) is 19.9. The lowest BCUT2D eigenvalue weighted by molar-refractivity contribution is -0.105. The van der Waals surface area contributed by atoms with Crippen molar-refractivity contribution < 1.29 is 13.2 Å². The quantitative estimate of drug-likeness (QED) is 0.472. The lowest BCUT2D eigenvalue weighted by Gasteiger charge is -2.38. The predicted molar refractivity (Wildman–Crippen MR) is 134 cm³/mol. The summed E-state index contributed by atoms with van der Waals surface area (Å²) < 4.78 is 32.5. The highest BCUT2D eigenvalue weighted by atomic mass is 32.2. The monoisotopic (exact) mass is 464 g/mol. The van der Waals surface area contributed by atoms with Gasteiger partial charge in [0.05, 0.1) is 6.26 Å². The average Bonchev–Trinajstić information content (AvgIpc) is 2.82. The van der Waals surface area contributed by atoms with Gasteiger partial charge in [0.1, 0.15) is 12.3 Å². The smallest absolute Gasteiger partial charge is 0.229 e. The molecule has 3 aromatic carbocycles. The van der Waals surface area contributed by atoms with Gasteiger partial charge in [-0.3, -0.25) is 9.62 Å². The molecule has 1 unspecified atom stereocenters. The lowest BCUT2D eigenvalue weighted by atomic mass is 10.0. The second kappa shape index (κ2) is 11.0. The van der Waals surface area contributed by atoms with Crippen molar-refractivity contribution in [3.63, 3.8) is 0 Å². The molecular weight excluding hydrogens is 432 g/mol. The van der Waals surface area contributed by atoms with Crippen molar-refractivity contribution >= 4 is 15.7 Å². The number of sulfonamides is 1. The molecule has 0 saturated carbocycles. The van der Waals surface area contributed by atoms with Gasteiger partial charge in [-0.2, -0.15) is 0 Å². The fourth-order valence-corrected chi connectivity index (χ4v) is 4.96. The van der Waals surface area contributed by atoms with Crippen molar-refractivity contribution in [2.45, 2.75) is 38.0 Å². The van der Waals surface area contributed by atoms with E-state index in [4.69, 9.17) is 4.74 Å². The number of piperidine rings is 1. The molecule has 1 heterocycles. The van der Waals surface area contributed by atoms with Crippen LogP contribution < -0.4 is 4.72 Å². The number of hydrogen-bond acceptors (Lipinski definition) is 4. The Morgan fingerprint density at radius 3 is 2.24 bits per heavy atom. The molecule has 1 fully saturated rings. The molecule has 0 spiro atoms. The molecule has 1 saturated heterocycles. The van der Waals surface area contributed by atoms with Gasteiger partial charge in [0.25, 0.3) is 0 Å². The zero-order valence-electron chi connectivity index (χ0n) is 19.1. The summed E-state index contributed by atoms with van der Waals surface area (Å²) in [5.74, 6) is 0. The highest BCUT2D eigenvalue weighted by molar-refractivity contribution is 7.92. The van der Waals surface area contributed by atoms with E-state index in [2.05, 4.69) is 58.2 Å². The van der Waals surface area contributed by atoms with Crippen LogP contribution in [-0.2, 0) is 21.2 Å². The third-order valence-corrected chi connectivity index (χ3v) is 6.58. The second-order valence-electron chi connectivity index (χ2n) is 8.65. The standard InChI is InChI=1S/C27H32N2O3S/c1-33(30,31)28-25-16-10-11-22(21-25)18-20-29-19-9-8-17-26(29)32-27(23-12-4-2-5-13-23)24-14-6-3-7-15-24/h2-7,10-16,21,26-28H,8-9,17-20H2,1H3. The molecule has 0 radical (unpaired) electrons. The molecule has 1 aliphatic heterocycles. The van der Waals surface area contributed by atoms with Crippen LogP contribution in [0.25, 0.3) is 0 Å². The Kier molecular flexibility index (Phi) is 7.81. The molecule has 0 aromatic heterocycles. The zero-order chi connectivity index (χ0) is 23.1. The third kappa shape index (κ3) is 6.90. The van der Waals surface area contributed by atoms with Crippen LogP contribution >= 0.6 is 0 Å². The van der Waals surface area contributed by atoms with Gasteiger partial charge in [0.2, 0.25) is 10.0 Å². The first-order valence-corrected chi connectivity index (χ1v) is 13.4. The van der Waals surface area contributed by atoms with Crippen LogP contribution in [-0.4, -0.2) is 38.9 Å². The number of benzene rings is 3. The highest BCUT2D eigenvalue weighted by Gasteiger charge is 2.27. The Bertz CT molecular complexity index is 1080. The van der Waals surface area contributed by atoms with E-state index in [1.165, 1.54) is 6.26 Å². The minimum Gasteiger partial charge on any atom is -0.350 e. The van der Waals surface area contributed by atoms with E-state index < -0.39 is 10.0 Å². The number of anilines is 1. The first-order chi connectivity index (χ1) is 16.0. The van der Waals surface area contributed by atoms with Crippen LogP contribution in [0.3, 0.4) is 0 Å². The molecule has 4 rings (SSSR count). The Balaban J connectivity index is 1.47. The number of ether oxygens (including phenoxy) is 1. The van der Waals surface area contributed by atoms with Crippen LogP contribution in [0.4, 0.5) is 5.69 Å². The summed E-state index contributed by atoms with van der Waals surface area (Å²) in [7, 11) is -3.28. The van der Waals surface area contributed by atoms with Crippen LogP contribution in [0.15, 0.2) is 84.9 Å². The molecule has 1 aliphatic rings. The summed E-state index contributed by atoms with van der Waals surface area (Å²) in [5, 5.41) is 0. The number of rotatable bonds is 9. The normalized spacial score (nSPS) is 17.2. The molecule has 1 atom stereocenters. The number of nitrogens with one attached hydrogen (secondary N) is 1. The maximum absolute atomic E-state index is 11.6. The largest absolute Gasteiger partial charge is 0.350 e. The fourth-order valence-electron chi connectivity index (χ4n) is 4.41. The summed E-state index contributed by atoms with van der Waals surface area (Å²) in [6.07, 6.45) is 5.27. The van der Waals surface area contributed by atoms with E-state index in [9.17, 15) is 8.42 Å². The van der Waals surface area contributed by atoms with Crippen molar-refractivity contribution in [3.05, 3.63) is 102 Å². The van der Waals surface area contributed by atoms with E-state index in [1.54, 1.807) is 6.07 Å². The molecule has 0 bridgehead atoms. The van der Waals surface area contributed by atoms with Gasteiger partial charge in [-0.15, -0.1) is 0 Å². The van der Waals surface area contributed by atoms with E-state index in [0.717, 1.165) is 55.5 Å². The van der Waals surface area contributed by atoms with Gasteiger partial charge in [-0.25, -0.2) is 8.42 Å². The molecule has 33 heavy (non-hydrogen) atoms. The first-order valence-electron chi connectivity index (χ1n) is 11.5. The molecule has 0 amide bonds. The van der Waals surface area contributed by atoms with E-state index in [-0.39, 0.29) is 12.3 Å². The number of likely N-dealkylation sites (tertiary alicyclic amines) is 1. The van der Waals surface area contributed by atoms with Gasteiger partial charge < -0.3 is 4.74 Å². The summed E-state index contributed by atoms with van der Waals surface area (Å²) in [6, 6.07) is 28.5. The van der Waals surface area contributed by atoms with Crippen molar-refractivity contribution in [1.29, 1.82) is 0 Å². The topological polar surface area (TPSA) is 58.6 Å². The highest BCUT2D eigenvalue weighted by Crippen LogP contribution is 2.31. The third-order valence-electron chi connectivity index (χ3n) is 5.97. The van der Waals surface area contributed by atoms with E-state index in [1.807, 2.05) is 30.3 Å². The average molecular weight is 465 g/mol. The summed E-state index contributed by atoms with van der Waals surface area (Å²) in [4.78, 5) is 2.43. The van der Waals surface area contributed by atoms with Gasteiger partial charge in [-0.05, 0) is 54.5 Å². The fraction of sp³-hybridized carbons (Fsp3) is 0.333. The molecule has 6 heteroatoms. The molecule has 0 aliphatic carbocycles. The summed E-state index contributed by atoms with van der Waals surface area (Å²) >= 11 is 0. The first kappa shape index (κ1) is 23.5. The van der Waals surface area contributed by atoms with Crippen LogP contribution in [0, 0.1) is 0 Å². The van der Waals surface area contributed by atoms with Crippen molar-refractivity contribution in [2.24, 2.45) is 0 Å².